The minimum Gasteiger partial charge on any atom is -0.508 e. The van der Waals surface area contributed by atoms with Crippen LogP contribution in [0.4, 0.5) is 0 Å². The van der Waals surface area contributed by atoms with E-state index in [4.69, 9.17) is 5.73 Å². The Balaban J connectivity index is 1.45. The summed E-state index contributed by atoms with van der Waals surface area (Å²) in [6, 6.07) is 19.4. The molecule has 4 amide bonds. The normalized spacial score (nSPS) is 17.2. The first-order chi connectivity index (χ1) is 19.5. The SMILES string of the molecule is NC(=O)C(Cc1ccc([C@@H]2CC(=O)NS2(=O)=O)cc1)NC(=O)[C@H](Cc1ccccc1)NC(=O)Cc1ccc(O)cc1. The summed E-state index contributed by atoms with van der Waals surface area (Å²) in [5.41, 5.74) is 8.05. The first-order valence-corrected chi connectivity index (χ1v) is 14.4. The van der Waals surface area contributed by atoms with Gasteiger partial charge >= 0.3 is 0 Å². The maximum atomic E-state index is 13.3. The molecule has 0 radical (unpaired) electrons. The van der Waals surface area contributed by atoms with E-state index < -0.39 is 51.0 Å². The Kier molecular flexibility index (Phi) is 9.03. The van der Waals surface area contributed by atoms with Gasteiger partial charge in [-0.25, -0.2) is 8.42 Å². The van der Waals surface area contributed by atoms with Gasteiger partial charge in [0.25, 0.3) is 0 Å². The van der Waals surface area contributed by atoms with Gasteiger partial charge in [0, 0.05) is 12.8 Å². The molecule has 0 bridgehead atoms. The third-order valence-corrected chi connectivity index (χ3v) is 8.39. The van der Waals surface area contributed by atoms with E-state index in [-0.39, 0.29) is 31.4 Å². The van der Waals surface area contributed by atoms with Crippen LogP contribution < -0.4 is 21.1 Å². The molecule has 1 aliphatic heterocycles. The lowest BCUT2D eigenvalue weighted by atomic mass is 10.0. The average Bonchev–Trinajstić information content (AvgIpc) is 3.21. The number of carbonyl (C=O) groups is 4. The molecule has 0 aromatic heterocycles. The van der Waals surface area contributed by atoms with Gasteiger partial charge in [-0.1, -0.05) is 66.7 Å². The first-order valence-electron chi connectivity index (χ1n) is 12.8. The zero-order valence-electron chi connectivity index (χ0n) is 21.9. The molecule has 3 aromatic rings. The molecule has 1 heterocycles. The second kappa shape index (κ2) is 12.6. The van der Waals surface area contributed by atoms with Crippen LogP contribution in [0.5, 0.6) is 5.75 Å². The van der Waals surface area contributed by atoms with Crippen molar-refractivity contribution >= 4 is 33.7 Å². The fourth-order valence-electron chi connectivity index (χ4n) is 4.55. The number of rotatable bonds is 11. The van der Waals surface area contributed by atoms with Crippen molar-refractivity contribution in [2.75, 3.05) is 0 Å². The number of nitrogens with one attached hydrogen (secondary N) is 3. The smallest absolute Gasteiger partial charge is 0.243 e. The third kappa shape index (κ3) is 7.92. The van der Waals surface area contributed by atoms with Crippen LogP contribution in [0.1, 0.15) is 33.9 Å². The molecule has 3 aromatic carbocycles. The first kappa shape index (κ1) is 29.3. The molecule has 1 saturated heterocycles. The molecule has 0 saturated carbocycles. The molecule has 12 heteroatoms. The molecule has 3 atom stereocenters. The van der Waals surface area contributed by atoms with E-state index in [1.807, 2.05) is 22.9 Å². The van der Waals surface area contributed by atoms with Gasteiger partial charge in [-0.15, -0.1) is 0 Å². The number of sulfonamides is 1. The maximum absolute atomic E-state index is 13.3. The summed E-state index contributed by atoms with van der Waals surface area (Å²) in [5.74, 6) is -2.32. The molecule has 11 nitrogen and oxygen atoms in total. The van der Waals surface area contributed by atoms with Gasteiger partial charge in [0.2, 0.25) is 33.7 Å². The zero-order chi connectivity index (χ0) is 29.6. The number of amides is 4. The minimum atomic E-state index is -3.80. The standard InChI is InChI=1S/C29H30N4O7S/c30-28(37)23(14-19-6-10-21(11-7-19)25-17-27(36)33-41(25,39)40)32-29(38)24(15-18-4-2-1-3-5-18)31-26(35)16-20-8-12-22(34)13-9-20/h1-13,23-25,34H,14-17H2,(H2,30,37)(H,31,35)(H,32,38)(H,33,36)/t23?,24-,25-/m0/s1. The van der Waals surface area contributed by atoms with Crippen molar-refractivity contribution in [1.82, 2.24) is 15.4 Å². The monoisotopic (exact) mass is 578 g/mol. The topological polar surface area (TPSA) is 185 Å². The Hall–Kier alpha value is -4.71. The summed E-state index contributed by atoms with van der Waals surface area (Å²) in [6.07, 6.45) is -0.0164. The average molecular weight is 579 g/mol. The molecular formula is C29H30N4O7S. The van der Waals surface area contributed by atoms with Crippen molar-refractivity contribution in [3.63, 3.8) is 0 Å². The number of hydrogen-bond donors (Lipinski definition) is 5. The van der Waals surface area contributed by atoms with E-state index in [9.17, 15) is 32.7 Å². The fourth-order valence-corrected chi connectivity index (χ4v) is 5.98. The van der Waals surface area contributed by atoms with E-state index in [0.29, 0.717) is 16.7 Å². The van der Waals surface area contributed by atoms with Gasteiger partial charge in [0.1, 0.15) is 23.1 Å². The molecule has 1 aliphatic rings. The highest BCUT2D eigenvalue weighted by Gasteiger charge is 2.37. The Morgan fingerprint density at radius 2 is 1.44 bits per heavy atom. The molecule has 41 heavy (non-hydrogen) atoms. The lowest BCUT2D eigenvalue weighted by Crippen LogP contribution is -2.54. The summed E-state index contributed by atoms with van der Waals surface area (Å²) in [5, 5.41) is 13.8. The predicted octanol–water partition coefficient (Wildman–Crippen LogP) is 0.766. The van der Waals surface area contributed by atoms with E-state index in [1.54, 1.807) is 48.5 Å². The highest BCUT2D eigenvalue weighted by atomic mass is 32.2. The van der Waals surface area contributed by atoms with Crippen molar-refractivity contribution < 1.29 is 32.7 Å². The van der Waals surface area contributed by atoms with E-state index in [1.165, 1.54) is 12.1 Å². The van der Waals surface area contributed by atoms with Crippen LogP contribution in [0.2, 0.25) is 0 Å². The largest absolute Gasteiger partial charge is 0.508 e. The number of nitrogens with two attached hydrogens (primary N) is 1. The molecule has 0 aliphatic carbocycles. The number of hydrogen-bond acceptors (Lipinski definition) is 7. The van der Waals surface area contributed by atoms with E-state index in [0.717, 1.165) is 5.56 Å². The van der Waals surface area contributed by atoms with Crippen molar-refractivity contribution in [2.45, 2.75) is 43.0 Å². The molecular weight excluding hydrogens is 548 g/mol. The van der Waals surface area contributed by atoms with Crippen molar-refractivity contribution in [1.29, 1.82) is 0 Å². The summed E-state index contributed by atoms with van der Waals surface area (Å²) in [6.45, 7) is 0. The van der Waals surface area contributed by atoms with Gasteiger partial charge in [-0.05, 0) is 34.4 Å². The second-order valence-electron chi connectivity index (χ2n) is 9.83. The van der Waals surface area contributed by atoms with Crippen LogP contribution >= 0.6 is 0 Å². The Labute approximate surface area is 237 Å². The van der Waals surface area contributed by atoms with Crippen LogP contribution in [-0.2, 0) is 48.5 Å². The zero-order valence-corrected chi connectivity index (χ0v) is 22.8. The maximum Gasteiger partial charge on any atom is 0.243 e. The molecule has 4 rings (SSSR count). The van der Waals surface area contributed by atoms with Crippen LogP contribution in [0.3, 0.4) is 0 Å². The number of aromatic hydroxyl groups is 1. The summed E-state index contributed by atoms with van der Waals surface area (Å²) >= 11 is 0. The quantitative estimate of drug-likeness (QED) is 0.222. The fraction of sp³-hybridized carbons (Fsp3) is 0.241. The van der Waals surface area contributed by atoms with Gasteiger partial charge in [0.15, 0.2) is 0 Å². The highest BCUT2D eigenvalue weighted by molar-refractivity contribution is 7.90. The van der Waals surface area contributed by atoms with Crippen molar-refractivity contribution in [3.8, 4) is 5.75 Å². The minimum absolute atomic E-state index is 0.0233. The van der Waals surface area contributed by atoms with Crippen LogP contribution in [0.25, 0.3) is 0 Å². The molecule has 1 unspecified atom stereocenters. The molecule has 214 valence electrons. The summed E-state index contributed by atoms with van der Waals surface area (Å²) in [4.78, 5) is 50.0. The van der Waals surface area contributed by atoms with Gasteiger partial charge in [-0.3, -0.25) is 23.9 Å². The Morgan fingerprint density at radius 1 is 0.854 bits per heavy atom. The van der Waals surface area contributed by atoms with Crippen molar-refractivity contribution in [2.24, 2.45) is 5.73 Å². The second-order valence-corrected chi connectivity index (χ2v) is 11.7. The van der Waals surface area contributed by atoms with Gasteiger partial charge in [-0.2, -0.15) is 0 Å². The number of carbonyl (C=O) groups excluding carboxylic acids is 4. The van der Waals surface area contributed by atoms with E-state index >= 15 is 0 Å². The van der Waals surface area contributed by atoms with Crippen LogP contribution in [0.15, 0.2) is 78.9 Å². The Morgan fingerprint density at radius 3 is 2.02 bits per heavy atom. The van der Waals surface area contributed by atoms with Gasteiger partial charge < -0.3 is 21.5 Å². The van der Waals surface area contributed by atoms with Crippen molar-refractivity contribution in [3.05, 3.63) is 101 Å². The number of primary amides is 1. The Bertz CT molecular complexity index is 1530. The number of benzene rings is 3. The highest BCUT2D eigenvalue weighted by Crippen LogP contribution is 2.30. The summed E-state index contributed by atoms with van der Waals surface area (Å²) < 4.78 is 26.3. The lowest BCUT2D eigenvalue weighted by molar-refractivity contribution is -0.131. The van der Waals surface area contributed by atoms with Crippen LogP contribution in [0, 0.1) is 0 Å². The number of phenols is 1. The predicted molar refractivity (Wildman–Crippen MR) is 150 cm³/mol. The third-order valence-electron chi connectivity index (χ3n) is 6.69. The van der Waals surface area contributed by atoms with E-state index in [2.05, 4.69) is 10.6 Å². The molecule has 1 fully saturated rings. The van der Waals surface area contributed by atoms with Crippen LogP contribution in [-0.4, -0.2) is 49.2 Å². The summed E-state index contributed by atoms with van der Waals surface area (Å²) in [7, 11) is -3.80. The lowest BCUT2D eigenvalue weighted by Gasteiger charge is -2.22. The molecule has 6 N–H and O–H groups in total. The van der Waals surface area contributed by atoms with Gasteiger partial charge in [0.05, 0.1) is 12.8 Å². The molecule has 0 spiro atoms. The number of phenolic OH excluding ortho intramolecular Hbond substituents is 1.